The van der Waals surface area contributed by atoms with Gasteiger partial charge in [0.05, 0.1) is 13.1 Å². The molecule has 0 bridgehead atoms. The van der Waals surface area contributed by atoms with Gasteiger partial charge in [0.15, 0.2) is 0 Å². The minimum atomic E-state index is 0.257. The Kier molecular flexibility index (Phi) is 4.13. The highest BCUT2D eigenvalue weighted by molar-refractivity contribution is 7.10. The average Bonchev–Trinajstić information content (AvgIpc) is 3.29. The summed E-state index contributed by atoms with van der Waals surface area (Å²) in [5, 5.41) is 6.32. The van der Waals surface area contributed by atoms with Gasteiger partial charge >= 0.3 is 0 Å². The Hall–Kier alpha value is -1.73. The molecular weight excluding hydrogens is 310 g/mol. The number of likely N-dealkylation sites (tertiary alicyclic amines) is 1. The summed E-state index contributed by atoms with van der Waals surface area (Å²) in [4.78, 5) is 22.5. The number of carbonyl (C=O) groups is 1. The summed E-state index contributed by atoms with van der Waals surface area (Å²) in [7, 11) is 0. The van der Waals surface area contributed by atoms with Gasteiger partial charge in [0, 0.05) is 24.0 Å². The first kappa shape index (κ1) is 14.8. The smallest absolute Gasteiger partial charge is 0.237 e. The Morgan fingerprint density at radius 3 is 3.22 bits per heavy atom. The number of fused-ring (bicyclic) bond motifs is 1. The molecule has 0 aromatic carbocycles. The molecule has 1 unspecified atom stereocenters. The van der Waals surface area contributed by atoms with Crippen molar-refractivity contribution in [3.8, 4) is 0 Å². The standard InChI is InChI=1S/C16H21N5OS/c22-16(20-6-3-15-13(8-20)4-7-23-15)10-19-5-1-2-14(19)9-21-12-17-11-18-21/h4,7,11-12,14H,1-3,5-6,8-10H2. The minimum Gasteiger partial charge on any atom is -0.337 e. The van der Waals surface area contributed by atoms with Crippen molar-refractivity contribution in [2.75, 3.05) is 19.6 Å². The number of amides is 1. The molecule has 4 rings (SSSR count). The summed E-state index contributed by atoms with van der Waals surface area (Å²) in [6, 6.07) is 2.55. The Balaban J connectivity index is 1.36. The van der Waals surface area contributed by atoms with Gasteiger partial charge in [-0.15, -0.1) is 11.3 Å². The fraction of sp³-hybridized carbons (Fsp3) is 0.562. The lowest BCUT2D eigenvalue weighted by molar-refractivity contribution is -0.133. The molecule has 2 aliphatic heterocycles. The molecule has 6 nitrogen and oxygen atoms in total. The molecule has 4 heterocycles. The van der Waals surface area contributed by atoms with Gasteiger partial charge in [-0.2, -0.15) is 5.10 Å². The maximum absolute atomic E-state index is 12.7. The molecule has 1 atom stereocenters. The van der Waals surface area contributed by atoms with Crippen molar-refractivity contribution in [3.63, 3.8) is 0 Å². The number of carbonyl (C=O) groups excluding carboxylic acids is 1. The quantitative estimate of drug-likeness (QED) is 0.849. The van der Waals surface area contributed by atoms with Crippen LogP contribution in [-0.4, -0.2) is 56.1 Å². The van der Waals surface area contributed by atoms with Crippen molar-refractivity contribution in [2.24, 2.45) is 0 Å². The van der Waals surface area contributed by atoms with Crippen LogP contribution in [0.4, 0.5) is 0 Å². The lowest BCUT2D eigenvalue weighted by Gasteiger charge is -2.30. The molecule has 1 amide bonds. The van der Waals surface area contributed by atoms with Crippen LogP contribution < -0.4 is 0 Å². The fourth-order valence-electron chi connectivity index (χ4n) is 3.59. The third kappa shape index (κ3) is 3.16. The SMILES string of the molecule is O=C(CN1CCCC1Cn1cncn1)N1CCc2sccc2C1. The van der Waals surface area contributed by atoms with E-state index in [2.05, 4.69) is 26.4 Å². The van der Waals surface area contributed by atoms with Gasteiger partial charge in [0.2, 0.25) is 5.91 Å². The summed E-state index contributed by atoms with van der Waals surface area (Å²) in [6.45, 7) is 3.98. The van der Waals surface area contributed by atoms with E-state index in [0.717, 1.165) is 45.4 Å². The first-order chi connectivity index (χ1) is 11.3. The van der Waals surface area contributed by atoms with E-state index in [-0.39, 0.29) is 5.91 Å². The Morgan fingerprint density at radius 2 is 2.35 bits per heavy atom. The highest BCUT2D eigenvalue weighted by atomic mass is 32.1. The van der Waals surface area contributed by atoms with Crippen molar-refractivity contribution in [2.45, 2.75) is 38.4 Å². The number of thiophene rings is 1. The number of rotatable bonds is 4. The number of aromatic nitrogens is 3. The van der Waals surface area contributed by atoms with Crippen LogP contribution in [0.15, 0.2) is 24.1 Å². The van der Waals surface area contributed by atoms with Crippen LogP contribution in [0.1, 0.15) is 23.3 Å². The summed E-state index contributed by atoms with van der Waals surface area (Å²) in [6.07, 6.45) is 6.60. The van der Waals surface area contributed by atoms with Gasteiger partial charge in [0.1, 0.15) is 12.7 Å². The molecule has 0 radical (unpaired) electrons. The van der Waals surface area contributed by atoms with E-state index >= 15 is 0 Å². The van der Waals surface area contributed by atoms with Crippen LogP contribution in [0.3, 0.4) is 0 Å². The van der Waals surface area contributed by atoms with E-state index in [1.54, 1.807) is 12.7 Å². The fourth-order valence-corrected chi connectivity index (χ4v) is 4.48. The topological polar surface area (TPSA) is 54.3 Å². The number of hydrogen-bond acceptors (Lipinski definition) is 5. The predicted molar refractivity (Wildman–Crippen MR) is 88.1 cm³/mol. The molecule has 23 heavy (non-hydrogen) atoms. The molecule has 0 N–H and O–H groups in total. The summed E-state index contributed by atoms with van der Waals surface area (Å²) < 4.78 is 1.87. The average molecular weight is 331 g/mol. The highest BCUT2D eigenvalue weighted by Gasteiger charge is 2.29. The van der Waals surface area contributed by atoms with Crippen molar-refractivity contribution in [1.82, 2.24) is 24.6 Å². The largest absolute Gasteiger partial charge is 0.337 e. The van der Waals surface area contributed by atoms with E-state index < -0.39 is 0 Å². The van der Waals surface area contributed by atoms with Crippen LogP contribution in [-0.2, 0) is 24.3 Å². The number of nitrogens with zero attached hydrogens (tertiary/aromatic N) is 5. The second-order valence-electron chi connectivity index (χ2n) is 6.32. The molecule has 2 aromatic heterocycles. The third-order valence-corrected chi connectivity index (χ3v) is 5.89. The lowest BCUT2D eigenvalue weighted by atomic mass is 10.1. The van der Waals surface area contributed by atoms with Gasteiger partial charge in [-0.25, -0.2) is 4.98 Å². The second-order valence-corrected chi connectivity index (χ2v) is 7.32. The molecular formula is C16H21N5OS. The normalized spacial score (nSPS) is 21.6. The Bertz CT molecular complexity index is 668. The first-order valence-electron chi connectivity index (χ1n) is 8.19. The van der Waals surface area contributed by atoms with E-state index in [9.17, 15) is 4.79 Å². The zero-order valence-electron chi connectivity index (χ0n) is 13.1. The summed E-state index contributed by atoms with van der Waals surface area (Å²) >= 11 is 1.81. The zero-order chi connectivity index (χ0) is 15.6. The van der Waals surface area contributed by atoms with Crippen molar-refractivity contribution < 1.29 is 4.79 Å². The monoisotopic (exact) mass is 331 g/mol. The summed E-state index contributed by atoms with van der Waals surface area (Å²) in [5.74, 6) is 0.257. The van der Waals surface area contributed by atoms with E-state index in [1.807, 2.05) is 20.9 Å². The van der Waals surface area contributed by atoms with Gasteiger partial charge in [0.25, 0.3) is 0 Å². The number of hydrogen-bond donors (Lipinski definition) is 0. The van der Waals surface area contributed by atoms with Crippen LogP contribution in [0.5, 0.6) is 0 Å². The van der Waals surface area contributed by atoms with Crippen LogP contribution in [0, 0.1) is 0 Å². The molecule has 2 aliphatic rings. The highest BCUT2D eigenvalue weighted by Crippen LogP contribution is 2.25. The van der Waals surface area contributed by atoms with Gasteiger partial charge < -0.3 is 4.90 Å². The maximum Gasteiger partial charge on any atom is 0.237 e. The second kappa shape index (κ2) is 6.41. The van der Waals surface area contributed by atoms with Crippen molar-refractivity contribution in [3.05, 3.63) is 34.5 Å². The third-order valence-electron chi connectivity index (χ3n) is 4.86. The van der Waals surface area contributed by atoms with Gasteiger partial charge in [-0.05, 0) is 42.8 Å². The van der Waals surface area contributed by atoms with Crippen LogP contribution in [0.25, 0.3) is 0 Å². The molecule has 2 aromatic rings. The van der Waals surface area contributed by atoms with Gasteiger partial charge in [-0.3, -0.25) is 14.4 Å². The van der Waals surface area contributed by atoms with E-state index in [1.165, 1.54) is 10.4 Å². The molecule has 1 saturated heterocycles. The first-order valence-corrected chi connectivity index (χ1v) is 9.07. The van der Waals surface area contributed by atoms with Crippen molar-refractivity contribution >= 4 is 17.2 Å². The molecule has 1 fully saturated rings. The molecule has 0 spiro atoms. The summed E-state index contributed by atoms with van der Waals surface area (Å²) in [5.41, 5.74) is 1.33. The maximum atomic E-state index is 12.7. The predicted octanol–water partition coefficient (Wildman–Crippen LogP) is 1.39. The molecule has 122 valence electrons. The molecule has 0 saturated carbocycles. The van der Waals surface area contributed by atoms with Crippen LogP contribution >= 0.6 is 11.3 Å². The van der Waals surface area contributed by atoms with E-state index in [0.29, 0.717) is 12.6 Å². The van der Waals surface area contributed by atoms with Gasteiger partial charge in [-0.1, -0.05) is 0 Å². The molecule has 0 aliphatic carbocycles. The van der Waals surface area contributed by atoms with E-state index in [4.69, 9.17) is 0 Å². The Morgan fingerprint density at radius 1 is 1.39 bits per heavy atom. The van der Waals surface area contributed by atoms with Crippen molar-refractivity contribution in [1.29, 1.82) is 0 Å². The minimum absolute atomic E-state index is 0.257. The van der Waals surface area contributed by atoms with Crippen LogP contribution in [0.2, 0.25) is 0 Å². The Labute approximate surface area is 139 Å². The molecule has 7 heteroatoms. The lowest BCUT2D eigenvalue weighted by Crippen LogP contribution is -2.44. The zero-order valence-corrected chi connectivity index (χ0v) is 13.9.